The fourth-order valence-corrected chi connectivity index (χ4v) is 14.0. The molecule has 5 heterocycles. The lowest BCUT2D eigenvalue weighted by molar-refractivity contribution is -0.633. The summed E-state index contributed by atoms with van der Waals surface area (Å²) in [4.78, 5) is 2.66. The highest BCUT2D eigenvalue weighted by Crippen LogP contribution is 2.46. The lowest BCUT2D eigenvalue weighted by atomic mass is 9.35. The summed E-state index contributed by atoms with van der Waals surface area (Å²) in [6.07, 6.45) is 0. The summed E-state index contributed by atoms with van der Waals surface area (Å²) in [5, 5.41) is 4.93. The average molecular weight is 999 g/mol. The summed E-state index contributed by atoms with van der Waals surface area (Å²) in [5.41, 5.74) is 25.0. The standard InChI is InChI=1S/C69H69BN3OS/c1-38(2)46-19-18-20-47(39(3)4)63(46)73-56-22-17-16-21-55(56)71(15)66(73)61-40(5)23-27-49-48-28-24-41(32-58(48)74-65(49)61)42-31-57-62-60(33-42)75-59-30-26-44(68(9,10)11)36-52(59)70(62)53-37-45(69(12,13)14)35-51-50-34-43(67(6,7)8)25-29-54(50)72(57)64(51)53/h16-39H,1-15H3/q+1. The van der Waals surface area contributed by atoms with E-state index in [0.717, 1.165) is 38.9 Å². The van der Waals surface area contributed by atoms with Crippen molar-refractivity contribution in [1.82, 2.24) is 9.13 Å². The lowest BCUT2D eigenvalue weighted by Gasteiger charge is -2.35. The molecule has 3 aromatic heterocycles. The summed E-state index contributed by atoms with van der Waals surface area (Å²) in [7, 11) is 2.22. The molecule has 0 saturated carbocycles. The molecule has 6 heteroatoms. The molecule has 374 valence electrons. The maximum Gasteiger partial charge on any atom is 0.299 e. The predicted molar refractivity (Wildman–Crippen MR) is 321 cm³/mol. The number of fused-ring (bicyclic) bond motifs is 11. The first kappa shape index (κ1) is 47.9. The summed E-state index contributed by atoms with van der Waals surface area (Å²) in [6, 6.07) is 51.9. The SMILES string of the molecule is Cc1ccc2c(oc3cc(-c4cc5c6c(c4)-n4c7ccc(C(C)(C)C)cc7c7cc(C(C)(C)C)cc(c74)B6c4cc(C(C)(C)C)ccc4S5)ccc32)c1-c1n(-c2c(C(C)C)cccc2C(C)C)c2ccccc2[n+]1C. The number of rotatable bonds is 5. The number of benzene rings is 8. The van der Waals surface area contributed by atoms with Gasteiger partial charge in [-0.05, 0) is 140 Å². The number of aryl methyl sites for hydroxylation is 2. The van der Waals surface area contributed by atoms with Crippen molar-refractivity contribution in [1.29, 1.82) is 0 Å². The molecule has 8 aromatic carbocycles. The van der Waals surface area contributed by atoms with Crippen LogP contribution in [0.1, 0.15) is 135 Å². The van der Waals surface area contributed by atoms with Crippen LogP contribution < -0.4 is 21.0 Å². The monoisotopic (exact) mass is 999 g/mol. The van der Waals surface area contributed by atoms with Crippen LogP contribution >= 0.6 is 11.8 Å². The van der Waals surface area contributed by atoms with Gasteiger partial charge in [-0.15, -0.1) is 0 Å². The van der Waals surface area contributed by atoms with Crippen molar-refractivity contribution in [2.45, 2.75) is 135 Å². The van der Waals surface area contributed by atoms with Crippen LogP contribution in [0.15, 0.2) is 148 Å². The molecule has 0 radical (unpaired) electrons. The number of para-hydroxylation sites is 3. The van der Waals surface area contributed by atoms with E-state index in [1.165, 1.54) is 109 Å². The first-order valence-corrected chi connectivity index (χ1v) is 28.1. The Labute approximate surface area is 447 Å². The van der Waals surface area contributed by atoms with Gasteiger partial charge in [0.2, 0.25) is 6.71 Å². The fraction of sp³-hybridized carbons (Fsp3) is 0.290. The van der Waals surface area contributed by atoms with Gasteiger partial charge < -0.3 is 8.98 Å². The van der Waals surface area contributed by atoms with Crippen molar-refractivity contribution in [2.24, 2.45) is 7.05 Å². The van der Waals surface area contributed by atoms with E-state index in [2.05, 4.69) is 251 Å². The van der Waals surface area contributed by atoms with Crippen LogP contribution in [0.2, 0.25) is 0 Å². The van der Waals surface area contributed by atoms with Gasteiger partial charge in [0.25, 0.3) is 5.82 Å². The van der Waals surface area contributed by atoms with Gasteiger partial charge in [-0.3, -0.25) is 0 Å². The minimum atomic E-state index is -0.0332. The highest BCUT2D eigenvalue weighted by Gasteiger charge is 2.42. The molecule has 0 aliphatic carbocycles. The van der Waals surface area contributed by atoms with Crippen molar-refractivity contribution in [2.75, 3.05) is 0 Å². The Balaban J connectivity index is 1.06. The summed E-state index contributed by atoms with van der Waals surface area (Å²) in [6.45, 7) is 32.7. The van der Waals surface area contributed by atoms with Crippen LogP contribution in [0.25, 0.3) is 88.7 Å². The van der Waals surface area contributed by atoms with E-state index in [0.29, 0.717) is 11.8 Å². The quantitative estimate of drug-likeness (QED) is 0.127. The van der Waals surface area contributed by atoms with Crippen LogP contribution in [-0.2, 0) is 23.3 Å². The van der Waals surface area contributed by atoms with Gasteiger partial charge in [0.1, 0.15) is 16.8 Å². The van der Waals surface area contributed by atoms with Crippen LogP contribution in [-0.4, -0.2) is 15.8 Å². The molecule has 2 aliphatic rings. The second-order valence-corrected chi connectivity index (χ2v) is 26.8. The first-order chi connectivity index (χ1) is 35.6. The zero-order valence-electron chi connectivity index (χ0n) is 46.6. The minimum absolute atomic E-state index is 0.0111. The molecular weight excluding hydrogens is 930 g/mol. The van der Waals surface area contributed by atoms with E-state index in [-0.39, 0.29) is 23.0 Å². The van der Waals surface area contributed by atoms with Crippen LogP contribution in [0.3, 0.4) is 0 Å². The molecule has 0 unspecified atom stereocenters. The topological polar surface area (TPSA) is 26.9 Å². The molecular formula is C69H69BN3OS+. The van der Waals surface area contributed by atoms with Gasteiger partial charge in [-0.1, -0.05) is 180 Å². The Morgan fingerprint density at radius 2 is 1.20 bits per heavy atom. The molecule has 75 heavy (non-hydrogen) atoms. The maximum absolute atomic E-state index is 7.34. The number of hydrogen-bond donors (Lipinski definition) is 0. The molecule has 0 fully saturated rings. The van der Waals surface area contributed by atoms with Crippen LogP contribution in [0, 0.1) is 6.92 Å². The second kappa shape index (κ2) is 16.4. The van der Waals surface area contributed by atoms with Gasteiger partial charge in [0, 0.05) is 53.7 Å². The highest BCUT2D eigenvalue weighted by atomic mass is 32.2. The molecule has 4 nitrogen and oxygen atoms in total. The summed E-state index contributed by atoms with van der Waals surface area (Å²) < 4.78 is 14.9. The molecule has 0 saturated heterocycles. The van der Waals surface area contributed by atoms with Crippen molar-refractivity contribution in [3.63, 3.8) is 0 Å². The first-order valence-electron chi connectivity index (χ1n) is 27.3. The molecule has 0 N–H and O–H groups in total. The van der Waals surface area contributed by atoms with E-state index >= 15 is 0 Å². The Kier molecular flexibility index (Phi) is 10.5. The molecule has 0 spiro atoms. The lowest BCUT2D eigenvalue weighted by Crippen LogP contribution is -2.59. The molecule has 0 atom stereocenters. The van der Waals surface area contributed by atoms with Crippen molar-refractivity contribution >= 4 is 89.6 Å². The molecule has 2 aliphatic heterocycles. The third-order valence-corrected chi connectivity index (χ3v) is 18.1. The smallest absolute Gasteiger partial charge is 0.299 e. The average Bonchev–Trinajstić information content (AvgIpc) is 4.13. The Bertz CT molecular complexity index is 4220. The Hall–Kier alpha value is -6.76. The van der Waals surface area contributed by atoms with E-state index in [1.54, 1.807) is 0 Å². The van der Waals surface area contributed by atoms with Gasteiger partial charge >= 0.3 is 0 Å². The van der Waals surface area contributed by atoms with Crippen molar-refractivity contribution in [3.05, 3.63) is 167 Å². The van der Waals surface area contributed by atoms with E-state index < -0.39 is 0 Å². The number of furan rings is 1. The van der Waals surface area contributed by atoms with Crippen molar-refractivity contribution in [3.8, 4) is 33.9 Å². The fourth-order valence-electron chi connectivity index (χ4n) is 12.8. The largest absolute Gasteiger partial charge is 0.455 e. The Morgan fingerprint density at radius 1 is 0.547 bits per heavy atom. The third-order valence-electron chi connectivity index (χ3n) is 17.0. The second-order valence-electron chi connectivity index (χ2n) is 25.7. The minimum Gasteiger partial charge on any atom is -0.455 e. The molecule has 11 aromatic rings. The van der Waals surface area contributed by atoms with Gasteiger partial charge in [0.15, 0.2) is 16.6 Å². The maximum atomic E-state index is 7.34. The molecule has 0 amide bonds. The zero-order valence-corrected chi connectivity index (χ0v) is 47.4. The number of imidazole rings is 1. The Morgan fingerprint density at radius 3 is 1.91 bits per heavy atom. The van der Waals surface area contributed by atoms with Gasteiger partial charge in [-0.25, -0.2) is 4.57 Å². The number of aromatic nitrogens is 3. The third kappa shape index (κ3) is 7.14. The van der Waals surface area contributed by atoms with E-state index in [9.17, 15) is 0 Å². The number of hydrogen-bond acceptors (Lipinski definition) is 2. The van der Waals surface area contributed by atoms with Crippen LogP contribution in [0.4, 0.5) is 0 Å². The number of nitrogens with zero attached hydrogens (tertiary/aromatic N) is 3. The highest BCUT2D eigenvalue weighted by molar-refractivity contribution is 8.00. The predicted octanol–water partition coefficient (Wildman–Crippen LogP) is 16.5. The normalized spacial score (nSPS) is 13.7. The van der Waals surface area contributed by atoms with Gasteiger partial charge in [-0.2, -0.15) is 4.57 Å². The zero-order chi connectivity index (χ0) is 52.5. The van der Waals surface area contributed by atoms with Crippen LogP contribution in [0.5, 0.6) is 0 Å². The summed E-state index contributed by atoms with van der Waals surface area (Å²) >= 11 is 1.94. The molecule has 0 bridgehead atoms. The van der Waals surface area contributed by atoms with Gasteiger partial charge in [0.05, 0.1) is 12.6 Å². The van der Waals surface area contributed by atoms with E-state index in [4.69, 9.17) is 4.42 Å². The summed E-state index contributed by atoms with van der Waals surface area (Å²) in [5.74, 6) is 1.79. The molecule has 13 rings (SSSR count). The van der Waals surface area contributed by atoms with E-state index in [1.807, 2.05) is 11.8 Å². The van der Waals surface area contributed by atoms with Crippen molar-refractivity contribution < 1.29 is 8.98 Å².